The largest absolute Gasteiger partial charge is 0.457 e. The summed E-state index contributed by atoms with van der Waals surface area (Å²) in [5.74, 6) is 1.42. The Morgan fingerprint density at radius 1 is 1.53 bits per heavy atom. The molecule has 2 aromatic heterocycles. The Labute approximate surface area is 89.0 Å². The fourth-order valence-electron chi connectivity index (χ4n) is 1.71. The number of hydrogen-bond donors (Lipinski definition) is 1. The lowest BCUT2D eigenvalue weighted by Crippen LogP contribution is -2.04. The van der Waals surface area contributed by atoms with Crippen LogP contribution in [0.1, 0.15) is 31.2 Å². The summed E-state index contributed by atoms with van der Waals surface area (Å²) in [7, 11) is 1.93. The molecule has 0 radical (unpaired) electrons. The predicted octanol–water partition coefficient (Wildman–Crippen LogP) is 1.79. The molecule has 2 rings (SSSR count). The van der Waals surface area contributed by atoms with Gasteiger partial charge in [0.2, 0.25) is 0 Å². The van der Waals surface area contributed by atoms with Crippen molar-refractivity contribution in [3.05, 3.63) is 17.5 Å². The Morgan fingerprint density at radius 3 is 2.87 bits per heavy atom. The van der Waals surface area contributed by atoms with Crippen LogP contribution in [0.25, 0.3) is 11.1 Å². The van der Waals surface area contributed by atoms with Gasteiger partial charge in [0.25, 0.3) is 0 Å². The standard InChI is InChI=1S/C11H17N3O/c1-7(2)10-6-9-11(15-10)8(4-5-12)13-14(9)3/h6-7H,4-5,12H2,1-3H3. The van der Waals surface area contributed by atoms with Crippen LogP contribution in [0.3, 0.4) is 0 Å². The van der Waals surface area contributed by atoms with E-state index >= 15 is 0 Å². The second-order valence-electron chi connectivity index (χ2n) is 4.13. The first kappa shape index (κ1) is 10.2. The highest BCUT2D eigenvalue weighted by Gasteiger charge is 2.15. The molecular weight excluding hydrogens is 190 g/mol. The van der Waals surface area contributed by atoms with E-state index in [1.165, 1.54) is 0 Å². The van der Waals surface area contributed by atoms with E-state index in [0.717, 1.165) is 29.0 Å². The number of furan rings is 1. The summed E-state index contributed by atoms with van der Waals surface area (Å²) in [5.41, 5.74) is 8.45. The van der Waals surface area contributed by atoms with Gasteiger partial charge in [0, 0.05) is 25.5 Å². The molecule has 4 nitrogen and oxygen atoms in total. The maximum Gasteiger partial charge on any atom is 0.175 e. The molecule has 2 aromatic rings. The monoisotopic (exact) mass is 207 g/mol. The van der Waals surface area contributed by atoms with Crippen LogP contribution in [0.15, 0.2) is 10.5 Å². The van der Waals surface area contributed by atoms with Crippen LogP contribution in [-0.2, 0) is 13.5 Å². The molecule has 82 valence electrons. The van der Waals surface area contributed by atoms with Crippen LogP contribution in [0.4, 0.5) is 0 Å². The summed E-state index contributed by atoms with van der Waals surface area (Å²) in [6.07, 6.45) is 0.766. The van der Waals surface area contributed by atoms with Crippen LogP contribution in [-0.4, -0.2) is 16.3 Å². The van der Waals surface area contributed by atoms with Gasteiger partial charge in [0.1, 0.15) is 17.0 Å². The van der Waals surface area contributed by atoms with Gasteiger partial charge in [-0.05, 0) is 6.54 Å². The molecule has 0 aromatic carbocycles. The van der Waals surface area contributed by atoms with Crippen molar-refractivity contribution in [2.45, 2.75) is 26.2 Å². The molecule has 0 saturated heterocycles. The van der Waals surface area contributed by atoms with Gasteiger partial charge in [-0.2, -0.15) is 5.10 Å². The van der Waals surface area contributed by atoms with E-state index in [1.54, 1.807) is 0 Å². The fourth-order valence-corrected chi connectivity index (χ4v) is 1.71. The Morgan fingerprint density at radius 2 is 2.27 bits per heavy atom. The maximum absolute atomic E-state index is 5.80. The topological polar surface area (TPSA) is 57.0 Å². The smallest absolute Gasteiger partial charge is 0.175 e. The van der Waals surface area contributed by atoms with Crippen LogP contribution in [0.2, 0.25) is 0 Å². The molecule has 0 amide bonds. The molecule has 0 aliphatic heterocycles. The van der Waals surface area contributed by atoms with Gasteiger partial charge in [-0.15, -0.1) is 0 Å². The average molecular weight is 207 g/mol. The highest BCUT2D eigenvalue weighted by molar-refractivity contribution is 5.76. The van der Waals surface area contributed by atoms with Crippen molar-refractivity contribution in [1.29, 1.82) is 0 Å². The van der Waals surface area contributed by atoms with Crippen molar-refractivity contribution in [2.75, 3.05) is 6.54 Å². The third-order valence-corrected chi connectivity index (χ3v) is 2.56. The van der Waals surface area contributed by atoms with E-state index in [2.05, 4.69) is 25.0 Å². The van der Waals surface area contributed by atoms with Gasteiger partial charge in [0.05, 0.1) is 0 Å². The highest BCUT2D eigenvalue weighted by atomic mass is 16.3. The van der Waals surface area contributed by atoms with Gasteiger partial charge < -0.3 is 10.2 Å². The molecule has 0 saturated carbocycles. The molecule has 0 bridgehead atoms. The molecule has 2 N–H and O–H groups in total. The SMILES string of the molecule is CC(C)c1cc2c(o1)c(CCN)nn2C. The van der Waals surface area contributed by atoms with Crippen molar-refractivity contribution < 1.29 is 4.42 Å². The molecule has 0 aliphatic carbocycles. The zero-order chi connectivity index (χ0) is 11.0. The number of nitrogens with zero attached hydrogens (tertiary/aromatic N) is 2. The predicted molar refractivity (Wildman–Crippen MR) is 59.8 cm³/mol. The molecule has 0 atom stereocenters. The van der Waals surface area contributed by atoms with Crippen LogP contribution >= 0.6 is 0 Å². The van der Waals surface area contributed by atoms with E-state index in [-0.39, 0.29) is 0 Å². The van der Waals surface area contributed by atoms with Gasteiger partial charge in [-0.3, -0.25) is 4.68 Å². The highest BCUT2D eigenvalue weighted by Crippen LogP contribution is 2.26. The first-order valence-corrected chi connectivity index (χ1v) is 5.29. The molecule has 0 fully saturated rings. The lowest BCUT2D eigenvalue weighted by atomic mass is 10.2. The van der Waals surface area contributed by atoms with Gasteiger partial charge in [-0.1, -0.05) is 13.8 Å². The minimum atomic E-state index is 0.406. The lowest BCUT2D eigenvalue weighted by Gasteiger charge is -1.98. The quantitative estimate of drug-likeness (QED) is 0.834. The molecule has 0 spiro atoms. The van der Waals surface area contributed by atoms with E-state index in [9.17, 15) is 0 Å². The maximum atomic E-state index is 5.80. The molecule has 2 heterocycles. The van der Waals surface area contributed by atoms with Gasteiger partial charge >= 0.3 is 0 Å². The first-order valence-electron chi connectivity index (χ1n) is 5.29. The van der Waals surface area contributed by atoms with E-state index in [0.29, 0.717) is 12.5 Å². The number of aromatic nitrogens is 2. The van der Waals surface area contributed by atoms with Crippen LogP contribution < -0.4 is 5.73 Å². The van der Waals surface area contributed by atoms with E-state index in [1.807, 2.05) is 11.7 Å². The van der Waals surface area contributed by atoms with Crippen molar-refractivity contribution in [2.24, 2.45) is 12.8 Å². The van der Waals surface area contributed by atoms with Gasteiger partial charge in [-0.25, -0.2) is 0 Å². The lowest BCUT2D eigenvalue weighted by molar-refractivity contribution is 0.518. The van der Waals surface area contributed by atoms with Crippen molar-refractivity contribution >= 4 is 11.1 Å². The van der Waals surface area contributed by atoms with Crippen LogP contribution in [0, 0.1) is 0 Å². The average Bonchev–Trinajstić information content (AvgIpc) is 2.70. The summed E-state index contributed by atoms with van der Waals surface area (Å²) in [4.78, 5) is 0. The molecule has 4 heteroatoms. The minimum absolute atomic E-state index is 0.406. The molecule has 0 aliphatic rings. The number of rotatable bonds is 3. The Balaban J connectivity index is 2.54. The minimum Gasteiger partial charge on any atom is -0.457 e. The summed E-state index contributed by atoms with van der Waals surface area (Å²) in [6.45, 7) is 4.84. The Bertz CT molecular complexity index is 467. The molecule has 15 heavy (non-hydrogen) atoms. The van der Waals surface area contributed by atoms with Crippen molar-refractivity contribution in [3.63, 3.8) is 0 Å². The molecular formula is C11H17N3O. The van der Waals surface area contributed by atoms with Crippen molar-refractivity contribution in [3.8, 4) is 0 Å². The van der Waals surface area contributed by atoms with Gasteiger partial charge in [0.15, 0.2) is 5.58 Å². The van der Waals surface area contributed by atoms with E-state index in [4.69, 9.17) is 10.2 Å². The molecule has 0 unspecified atom stereocenters. The number of nitrogens with two attached hydrogens (primary N) is 1. The van der Waals surface area contributed by atoms with Crippen LogP contribution in [0.5, 0.6) is 0 Å². The summed E-state index contributed by atoms with van der Waals surface area (Å²) in [6, 6.07) is 2.06. The Hall–Kier alpha value is -1.29. The zero-order valence-corrected chi connectivity index (χ0v) is 9.45. The number of aryl methyl sites for hydroxylation is 1. The summed E-state index contributed by atoms with van der Waals surface area (Å²) in [5, 5.41) is 4.38. The van der Waals surface area contributed by atoms with Crippen molar-refractivity contribution in [1.82, 2.24) is 9.78 Å². The second kappa shape index (κ2) is 3.70. The van der Waals surface area contributed by atoms with E-state index < -0.39 is 0 Å². The normalized spacial score (nSPS) is 11.8. The number of hydrogen-bond acceptors (Lipinski definition) is 3. The third-order valence-electron chi connectivity index (χ3n) is 2.56. The zero-order valence-electron chi connectivity index (χ0n) is 9.45. The summed E-state index contributed by atoms with van der Waals surface area (Å²) >= 11 is 0. The Kier molecular flexibility index (Phi) is 2.52. The second-order valence-corrected chi connectivity index (χ2v) is 4.13. The summed E-state index contributed by atoms with van der Waals surface area (Å²) < 4.78 is 7.65. The third kappa shape index (κ3) is 1.65. The number of fused-ring (bicyclic) bond motifs is 1. The fraction of sp³-hybridized carbons (Fsp3) is 0.545. The first-order chi connectivity index (χ1) is 7.13.